The molecule has 57 heavy (non-hydrogen) atoms. The Morgan fingerprint density at radius 3 is 2.33 bits per heavy atom. The van der Waals surface area contributed by atoms with Gasteiger partial charge >= 0.3 is 0 Å². The summed E-state index contributed by atoms with van der Waals surface area (Å²) in [6, 6.07) is 48.5. The van der Waals surface area contributed by atoms with Crippen molar-refractivity contribution in [1.29, 1.82) is 0 Å². The molecule has 1 aliphatic heterocycles. The summed E-state index contributed by atoms with van der Waals surface area (Å²) >= 11 is 1.94. The maximum atomic E-state index is 6.54. The molecule has 9 aromatic rings. The van der Waals surface area contributed by atoms with E-state index in [1.165, 1.54) is 59.0 Å². The van der Waals surface area contributed by atoms with Crippen LogP contribution in [-0.2, 0) is 6.42 Å². The highest BCUT2D eigenvalue weighted by molar-refractivity contribution is 7.19. The molecule has 2 aliphatic carbocycles. The van der Waals surface area contributed by atoms with E-state index in [0.717, 1.165) is 58.2 Å². The molecular weight excluding hydrogens is 717 g/mol. The number of benzene rings is 6. The van der Waals surface area contributed by atoms with Crippen LogP contribution >= 0.6 is 11.3 Å². The van der Waals surface area contributed by atoms with Crippen molar-refractivity contribution >= 4 is 77.1 Å². The van der Waals surface area contributed by atoms with E-state index >= 15 is 0 Å². The molecule has 0 saturated carbocycles. The Balaban J connectivity index is 0.910. The number of aromatic nitrogens is 1. The minimum absolute atomic E-state index is 0.171. The summed E-state index contributed by atoms with van der Waals surface area (Å²) in [7, 11) is 0. The molecule has 6 heteroatoms. The van der Waals surface area contributed by atoms with E-state index in [1.54, 1.807) is 0 Å². The van der Waals surface area contributed by atoms with E-state index in [0.29, 0.717) is 0 Å². The average molecular weight is 755 g/mol. The van der Waals surface area contributed by atoms with Crippen LogP contribution in [0.5, 0.6) is 0 Å². The van der Waals surface area contributed by atoms with Gasteiger partial charge in [0.25, 0.3) is 0 Å². The lowest BCUT2D eigenvalue weighted by Crippen LogP contribution is -2.45. The highest BCUT2D eigenvalue weighted by atomic mass is 32.1. The first-order valence-corrected chi connectivity index (χ1v) is 20.7. The smallest absolute Gasteiger partial charge is 0.135 e. The number of rotatable bonds is 5. The molecule has 6 aromatic carbocycles. The van der Waals surface area contributed by atoms with Gasteiger partial charge in [-0.05, 0) is 82.5 Å². The van der Waals surface area contributed by atoms with Gasteiger partial charge in [0.1, 0.15) is 29.3 Å². The van der Waals surface area contributed by atoms with Crippen LogP contribution in [0.4, 0.5) is 0 Å². The van der Waals surface area contributed by atoms with Gasteiger partial charge in [-0.3, -0.25) is 5.32 Å². The number of fused-ring (bicyclic) bond motifs is 9. The van der Waals surface area contributed by atoms with Crippen LogP contribution in [0.25, 0.3) is 71.0 Å². The van der Waals surface area contributed by atoms with Crippen LogP contribution in [0.3, 0.4) is 0 Å². The van der Waals surface area contributed by atoms with Gasteiger partial charge < -0.3 is 14.3 Å². The fourth-order valence-corrected chi connectivity index (χ4v) is 10.7. The number of furan rings is 1. The number of hydrogen-bond acceptors (Lipinski definition) is 5. The number of allylic oxidation sites excluding steroid dienone is 4. The lowest BCUT2D eigenvalue weighted by molar-refractivity contribution is 0.410. The lowest BCUT2D eigenvalue weighted by Gasteiger charge is -2.33. The number of aliphatic imine (C=N–C) groups is 1. The van der Waals surface area contributed by atoms with E-state index < -0.39 is 0 Å². The number of nitrogens with zero attached hydrogens (tertiary/aromatic N) is 2. The molecule has 3 aliphatic rings. The van der Waals surface area contributed by atoms with E-state index in [9.17, 15) is 0 Å². The van der Waals surface area contributed by atoms with Gasteiger partial charge in [0.05, 0.1) is 6.04 Å². The van der Waals surface area contributed by atoms with E-state index in [1.807, 2.05) is 11.3 Å². The summed E-state index contributed by atoms with van der Waals surface area (Å²) in [6.07, 6.45) is 13.9. The Kier molecular flexibility index (Phi) is 7.50. The molecule has 4 heterocycles. The Labute approximate surface area is 334 Å². The molecular formula is C51H38N4OS. The zero-order valence-electron chi connectivity index (χ0n) is 31.2. The summed E-state index contributed by atoms with van der Waals surface area (Å²) in [5.74, 6) is 0.950. The second kappa shape index (κ2) is 13.1. The monoisotopic (exact) mass is 754 g/mol. The molecule has 274 valence electrons. The molecule has 3 atom stereocenters. The number of amidine groups is 1. The largest absolute Gasteiger partial charge is 0.456 e. The minimum atomic E-state index is -0.182. The third kappa shape index (κ3) is 5.36. The van der Waals surface area contributed by atoms with Crippen molar-refractivity contribution in [3.63, 3.8) is 0 Å². The minimum Gasteiger partial charge on any atom is -0.456 e. The Bertz CT molecular complexity index is 3140. The van der Waals surface area contributed by atoms with E-state index in [-0.39, 0.29) is 18.4 Å². The molecule has 0 saturated heterocycles. The standard InChI is InChI=1S/C51H38N4OS/c1-3-12-31(13-4-1)49-52-50(32-14-5-2-6-15-32)54-51(53-49)40-18-11-21-45-48(40)41-28-33(23-27-44(41)56-45)34-22-25-38-39-26-24-35(30-47(39)57-46(38)29-34)55-42-19-9-7-16-36(42)37-17-8-10-20-43(37)55/h1-5,7-14,16-29,35,49,51,53H,6,15,30H2,(H,52,54). The molecule has 3 unspecified atom stereocenters. The summed E-state index contributed by atoms with van der Waals surface area (Å²) in [5.41, 5.74) is 11.6. The number of nitrogens with one attached hydrogen (secondary N) is 2. The van der Waals surface area contributed by atoms with E-state index in [2.05, 4.69) is 179 Å². The molecule has 0 bridgehead atoms. The van der Waals surface area contributed by atoms with Crippen LogP contribution < -0.4 is 10.6 Å². The van der Waals surface area contributed by atoms with Gasteiger partial charge in [-0.2, -0.15) is 0 Å². The van der Waals surface area contributed by atoms with Crippen LogP contribution in [-0.4, -0.2) is 10.4 Å². The summed E-state index contributed by atoms with van der Waals surface area (Å²) in [6.45, 7) is 0. The van der Waals surface area contributed by atoms with Gasteiger partial charge in [-0.15, -0.1) is 11.3 Å². The zero-order valence-corrected chi connectivity index (χ0v) is 32.0. The molecule has 0 amide bonds. The Morgan fingerprint density at radius 1 is 0.719 bits per heavy atom. The SMILES string of the molecule is C1=CCCC(C2=NC(c3ccccc3)NC(c3cccc4oc5ccc(-c6ccc7c8c(sc7c6)CC(n6c7ccccc7c7ccccc76)C=C8)cc5c34)N2)=C1. The lowest BCUT2D eigenvalue weighted by atomic mass is 9.96. The van der Waals surface area contributed by atoms with Crippen molar-refractivity contribution in [2.24, 2.45) is 4.99 Å². The normalized spacial score (nSPS) is 19.3. The average Bonchev–Trinajstić information content (AvgIpc) is 3.95. The fraction of sp³-hybridized carbons (Fsp3) is 0.118. The summed E-state index contributed by atoms with van der Waals surface area (Å²) in [5, 5.41) is 13.8. The van der Waals surface area contributed by atoms with Crippen LogP contribution in [0.1, 0.15) is 52.8 Å². The first kappa shape index (κ1) is 32.7. The van der Waals surface area contributed by atoms with Crippen molar-refractivity contribution in [2.75, 3.05) is 0 Å². The van der Waals surface area contributed by atoms with Crippen LogP contribution in [0.2, 0.25) is 0 Å². The van der Waals surface area contributed by atoms with Gasteiger partial charge in [0, 0.05) is 54.1 Å². The van der Waals surface area contributed by atoms with Crippen molar-refractivity contribution in [3.8, 4) is 11.1 Å². The molecule has 12 rings (SSSR count). The first-order valence-electron chi connectivity index (χ1n) is 19.9. The van der Waals surface area contributed by atoms with Crippen LogP contribution in [0.15, 0.2) is 173 Å². The maximum absolute atomic E-state index is 6.54. The highest BCUT2D eigenvalue weighted by Gasteiger charge is 2.29. The van der Waals surface area contributed by atoms with Gasteiger partial charge in [-0.1, -0.05) is 127 Å². The molecule has 0 radical (unpaired) electrons. The van der Waals surface area contributed by atoms with Gasteiger partial charge in [-0.25, -0.2) is 4.99 Å². The van der Waals surface area contributed by atoms with Crippen molar-refractivity contribution in [2.45, 2.75) is 37.6 Å². The van der Waals surface area contributed by atoms with Crippen molar-refractivity contribution < 1.29 is 4.42 Å². The molecule has 3 aromatic heterocycles. The van der Waals surface area contributed by atoms with E-state index in [4.69, 9.17) is 9.41 Å². The third-order valence-electron chi connectivity index (χ3n) is 12.1. The summed E-state index contributed by atoms with van der Waals surface area (Å²) < 4.78 is 10.4. The Morgan fingerprint density at radius 2 is 1.51 bits per heavy atom. The summed E-state index contributed by atoms with van der Waals surface area (Å²) in [4.78, 5) is 6.64. The number of thiophene rings is 1. The van der Waals surface area contributed by atoms with Crippen molar-refractivity contribution in [3.05, 3.63) is 185 Å². The zero-order chi connectivity index (χ0) is 37.5. The predicted molar refractivity (Wildman–Crippen MR) is 238 cm³/mol. The molecule has 0 spiro atoms. The third-order valence-corrected chi connectivity index (χ3v) is 13.3. The van der Waals surface area contributed by atoms with Gasteiger partial charge in [0.15, 0.2) is 0 Å². The molecule has 2 N–H and O–H groups in total. The predicted octanol–water partition coefficient (Wildman–Crippen LogP) is 13.0. The number of hydrogen-bond donors (Lipinski definition) is 2. The topological polar surface area (TPSA) is 54.5 Å². The molecule has 5 nitrogen and oxygen atoms in total. The first-order chi connectivity index (χ1) is 28.2. The second-order valence-electron chi connectivity index (χ2n) is 15.4. The maximum Gasteiger partial charge on any atom is 0.135 e. The van der Waals surface area contributed by atoms with Crippen molar-refractivity contribution in [1.82, 2.24) is 15.2 Å². The van der Waals surface area contributed by atoms with Crippen LogP contribution in [0, 0.1) is 0 Å². The van der Waals surface area contributed by atoms with Gasteiger partial charge in [0.2, 0.25) is 0 Å². The fourth-order valence-electron chi connectivity index (χ4n) is 9.40. The Hall–Kier alpha value is -6.47. The highest BCUT2D eigenvalue weighted by Crippen LogP contribution is 2.43. The number of para-hydroxylation sites is 2. The second-order valence-corrected chi connectivity index (χ2v) is 16.5. The molecule has 0 fully saturated rings. The quantitative estimate of drug-likeness (QED) is 0.184.